The molecule has 2 aromatic rings. The van der Waals surface area contributed by atoms with Crippen LogP contribution in [0.3, 0.4) is 0 Å². The topological polar surface area (TPSA) is 88.6 Å². The fourth-order valence-corrected chi connectivity index (χ4v) is 4.98. The van der Waals surface area contributed by atoms with Crippen molar-refractivity contribution in [3.63, 3.8) is 0 Å². The molecule has 1 aromatic carbocycles. The minimum atomic E-state index is -3.14. The van der Waals surface area contributed by atoms with Crippen molar-refractivity contribution in [1.82, 2.24) is 14.6 Å². The Hall–Kier alpha value is -1.55. The first-order valence-electron chi connectivity index (χ1n) is 8.67. The van der Waals surface area contributed by atoms with Crippen LogP contribution in [-0.4, -0.2) is 55.1 Å². The maximum absolute atomic E-state index is 12.0. The van der Waals surface area contributed by atoms with Crippen LogP contribution in [0.25, 0.3) is 10.2 Å². The number of fused-ring (bicyclic) bond motifs is 1. The van der Waals surface area contributed by atoms with E-state index >= 15 is 0 Å². The van der Waals surface area contributed by atoms with E-state index in [9.17, 15) is 13.2 Å². The molecule has 1 amide bonds. The van der Waals surface area contributed by atoms with Crippen molar-refractivity contribution in [2.45, 2.75) is 32.4 Å². The summed E-state index contributed by atoms with van der Waals surface area (Å²) in [5.41, 5.74) is 0.939. The number of carbonyl (C=O) groups is 1. The van der Waals surface area contributed by atoms with Crippen LogP contribution in [0, 0.1) is 0 Å². The van der Waals surface area contributed by atoms with Crippen LogP contribution in [0.2, 0.25) is 0 Å². The highest BCUT2D eigenvalue weighted by molar-refractivity contribution is 7.89. The predicted octanol–water partition coefficient (Wildman–Crippen LogP) is 1.74. The van der Waals surface area contributed by atoms with Gasteiger partial charge in [-0.25, -0.2) is 17.7 Å². The standard InChI is InChI=1S/C17H23N3O4S2/c1-2-26(22,23)20-9-7-13(8-10-20)18-16(21)11-24-12-17-19-14-5-3-4-6-15(14)25-17/h3-6,13H,2,7-12H2,1H3,(H,18,21). The molecule has 1 aliphatic rings. The van der Waals surface area contributed by atoms with Gasteiger partial charge < -0.3 is 10.1 Å². The number of thiazole rings is 1. The quantitative estimate of drug-likeness (QED) is 0.769. The van der Waals surface area contributed by atoms with Crippen LogP contribution in [0.5, 0.6) is 0 Å². The Morgan fingerprint density at radius 1 is 1.35 bits per heavy atom. The molecular weight excluding hydrogens is 374 g/mol. The molecule has 1 fully saturated rings. The number of amides is 1. The second-order valence-corrected chi connectivity index (χ2v) is 9.58. The van der Waals surface area contributed by atoms with Gasteiger partial charge in [-0.05, 0) is 31.9 Å². The highest BCUT2D eigenvalue weighted by Gasteiger charge is 2.27. The summed E-state index contributed by atoms with van der Waals surface area (Å²) in [6.45, 7) is 2.83. The zero-order chi connectivity index (χ0) is 18.6. The van der Waals surface area contributed by atoms with Crippen molar-refractivity contribution in [1.29, 1.82) is 0 Å². The molecule has 0 radical (unpaired) electrons. The van der Waals surface area contributed by atoms with Crippen LogP contribution < -0.4 is 5.32 Å². The molecule has 0 atom stereocenters. The Bertz CT molecular complexity index is 825. The third kappa shape index (κ3) is 4.79. The monoisotopic (exact) mass is 397 g/mol. The molecule has 0 unspecified atom stereocenters. The van der Waals surface area contributed by atoms with E-state index in [1.165, 1.54) is 4.31 Å². The van der Waals surface area contributed by atoms with Gasteiger partial charge in [0.05, 0.1) is 22.6 Å². The average Bonchev–Trinajstić information content (AvgIpc) is 3.05. The van der Waals surface area contributed by atoms with E-state index in [0.717, 1.165) is 15.2 Å². The number of nitrogens with zero attached hydrogens (tertiary/aromatic N) is 2. The number of para-hydroxylation sites is 1. The fourth-order valence-electron chi connectivity index (χ4n) is 2.94. The molecule has 0 bridgehead atoms. The SMILES string of the molecule is CCS(=O)(=O)N1CCC(NC(=O)COCc2nc3ccccc3s2)CC1. The van der Waals surface area contributed by atoms with E-state index in [-0.39, 0.29) is 24.3 Å². The Morgan fingerprint density at radius 2 is 2.08 bits per heavy atom. The Balaban J connectivity index is 1.39. The second-order valence-electron chi connectivity index (χ2n) is 6.21. The largest absolute Gasteiger partial charge is 0.364 e. The Labute approximate surface area is 157 Å². The van der Waals surface area contributed by atoms with Gasteiger partial charge in [0, 0.05) is 19.1 Å². The van der Waals surface area contributed by atoms with Gasteiger partial charge in [-0.3, -0.25) is 4.79 Å². The number of benzene rings is 1. The van der Waals surface area contributed by atoms with E-state index in [1.807, 2.05) is 24.3 Å². The summed E-state index contributed by atoms with van der Waals surface area (Å²) >= 11 is 1.56. The average molecular weight is 398 g/mol. The number of rotatable bonds is 7. The predicted molar refractivity (Wildman–Crippen MR) is 101 cm³/mol. The molecule has 1 aliphatic heterocycles. The summed E-state index contributed by atoms with van der Waals surface area (Å²) in [5.74, 6) is -0.0631. The number of ether oxygens (including phenoxy) is 1. The molecule has 0 saturated carbocycles. The first kappa shape index (κ1) is 19.2. The number of aromatic nitrogens is 1. The summed E-state index contributed by atoms with van der Waals surface area (Å²) in [6.07, 6.45) is 1.26. The van der Waals surface area contributed by atoms with Crippen molar-refractivity contribution < 1.29 is 17.9 Å². The molecular formula is C17H23N3O4S2. The van der Waals surface area contributed by atoms with Crippen molar-refractivity contribution in [3.05, 3.63) is 29.3 Å². The summed E-state index contributed by atoms with van der Waals surface area (Å²) in [7, 11) is -3.14. The minimum absolute atomic E-state index is 0.00291. The van der Waals surface area contributed by atoms with Gasteiger partial charge >= 0.3 is 0 Å². The number of sulfonamides is 1. The Kier molecular flexibility index (Phi) is 6.23. The van der Waals surface area contributed by atoms with Crippen LogP contribution in [0.1, 0.15) is 24.8 Å². The molecule has 1 saturated heterocycles. The van der Waals surface area contributed by atoms with Crippen LogP contribution >= 0.6 is 11.3 Å². The second kappa shape index (κ2) is 8.43. The van der Waals surface area contributed by atoms with E-state index in [1.54, 1.807) is 18.3 Å². The zero-order valence-corrected chi connectivity index (χ0v) is 16.3. The van der Waals surface area contributed by atoms with Gasteiger partial charge in [0.1, 0.15) is 11.6 Å². The maximum Gasteiger partial charge on any atom is 0.246 e. The van der Waals surface area contributed by atoms with Gasteiger partial charge in [-0.15, -0.1) is 11.3 Å². The summed E-state index contributed by atoms with van der Waals surface area (Å²) in [4.78, 5) is 16.5. The number of piperidine rings is 1. The van der Waals surface area contributed by atoms with Gasteiger partial charge in [0.15, 0.2) is 0 Å². The number of nitrogens with one attached hydrogen (secondary N) is 1. The lowest BCUT2D eigenvalue weighted by Gasteiger charge is -2.31. The minimum Gasteiger partial charge on any atom is -0.364 e. The maximum atomic E-state index is 12.0. The van der Waals surface area contributed by atoms with Crippen molar-refractivity contribution in [2.24, 2.45) is 0 Å². The Morgan fingerprint density at radius 3 is 2.77 bits per heavy atom. The summed E-state index contributed by atoms with van der Waals surface area (Å²) in [5, 5.41) is 3.76. The first-order chi connectivity index (χ1) is 12.5. The molecule has 7 nitrogen and oxygen atoms in total. The van der Waals surface area contributed by atoms with E-state index < -0.39 is 10.0 Å². The van der Waals surface area contributed by atoms with Crippen LogP contribution in [0.15, 0.2) is 24.3 Å². The molecule has 2 heterocycles. The number of carbonyl (C=O) groups excluding carboxylic acids is 1. The molecule has 26 heavy (non-hydrogen) atoms. The molecule has 0 spiro atoms. The summed E-state index contributed by atoms with van der Waals surface area (Å²) in [6, 6.07) is 7.87. The third-order valence-electron chi connectivity index (χ3n) is 4.37. The van der Waals surface area contributed by atoms with Gasteiger partial charge in [-0.1, -0.05) is 12.1 Å². The van der Waals surface area contributed by atoms with Crippen LogP contribution in [-0.2, 0) is 26.2 Å². The zero-order valence-electron chi connectivity index (χ0n) is 14.7. The highest BCUT2D eigenvalue weighted by atomic mass is 32.2. The van der Waals surface area contributed by atoms with Crippen molar-refractivity contribution in [3.8, 4) is 0 Å². The van der Waals surface area contributed by atoms with Crippen LogP contribution in [0.4, 0.5) is 0 Å². The van der Waals surface area contributed by atoms with Gasteiger partial charge in [-0.2, -0.15) is 0 Å². The molecule has 1 aromatic heterocycles. The molecule has 1 N–H and O–H groups in total. The highest BCUT2D eigenvalue weighted by Crippen LogP contribution is 2.22. The number of hydrogen-bond donors (Lipinski definition) is 1. The van der Waals surface area contributed by atoms with Crippen molar-refractivity contribution >= 4 is 37.5 Å². The van der Waals surface area contributed by atoms with E-state index in [4.69, 9.17) is 4.74 Å². The molecule has 3 rings (SSSR count). The van der Waals surface area contributed by atoms with E-state index in [2.05, 4.69) is 10.3 Å². The normalized spacial score (nSPS) is 16.8. The molecule has 142 valence electrons. The fraction of sp³-hybridized carbons (Fsp3) is 0.529. The number of hydrogen-bond acceptors (Lipinski definition) is 6. The van der Waals surface area contributed by atoms with Crippen molar-refractivity contribution in [2.75, 3.05) is 25.4 Å². The smallest absolute Gasteiger partial charge is 0.246 e. The molecule has 0 aliphatic carbocycles. The third-order valence-corrected chi connectivity index (χ3v) is 7.27. The van der Waals surface area contributed by atoms with Gasteiger partial charge in [0.25, 0.3) is 0 Å². The first-order valence-corrected chi connectivity index (χ1v) is 11.1. The summed E-state index contributed by atoms with van der Waals surface area (Å²) < 4.78 is 31.8. The lowest BCUT2D eigenvalue weighted by molar-refractivity contribution is -0.127. The lowest BCUT2D eigenvalue weighted by atomic mass is 10.1. The molecule has 9 heteroatoms. The van der Waals surface area contributed by atoms with E-state index in [0.29, 0.717) is 32.5 Å². The van der Waals surface area contributed by atoms with Gasteiger partial charge in [0.2, 0.25) is 15.9 Å². The lowest BCUT2D eigenvalue weighted by Crippen LogP contribution is -2.47.